The van der Waals surface area contributed by atoms with Crippen LogP contribution >= 0.6 is 0 Å². The normalized spacial score (nSPS) is 6.12. The second-order valence-corrected chi connectivity index (χ2v) is 1.60. The van der Waals surface area contributed by atoms with Crippen molar-refractivity contribution in [3.05, 3.63) is 12.7 Å². The van der Waals surface area contributed by atoms with Crippen LogP contribution in [-0.4, -0.2) is 6.04 Å². The minimum atomic E-state index is 0. The van der Waals surface area contributed by atoms with Crippen LogP contribution in [0.15, 0.2) is 6.58 Å². The molecule has 0 heterocycles. The van der Waals surface area contributed by atoms with Gasteiger partial charge in [0, 0.05) is 21.1 Å². The van der Waals surface area contributed by atoms with E-state index in [0.717, 1.165) is 0 Å². The molecule has 2 N–H and O–H groups in total. The monoisotopic (exact) mass is 284 g/mol. The summed E-state index contributed by atoms with van der Waals surface area (Å²) in [5.41, 5.74) is 5.11. The van der Waals surface area contributed by atoms with E-state index in [1.54, 1.807) is 6.92 Å². The van der Waals surface area contributed by atoms with Crippen LogP contribution in [-0.2, 0) is 21.1 Å². The van der Waals surface area contributed by atoms with E-state index in [9.17, 15) is 0 Å². The first-order chi connectivity index (χ1) is 3.15. The molecule has 0 saturated carbocycles. The van der Waals surface area contributed by atoms with Crippen LogP contribution in [0.3, 0.4) is 0 Å². The molecule has 2 heteroatoms. The summed E-state index contributed by atoms with van der Waals surface area (Å²) >= 11 is 0. The minimum absolute atomic E-state index is 0. The molecule has 0 aromatic heterocycles. The summed E-state index contributed by atoms with van der Waals surface area (Å²) in [6, 6.07) is 0.333. The Hall–Kier alpha value is 0.388. The molecule has 0 spiro atoms. The van der Waals surface area contributed by atoms with Gasteiger partial charge in [-0.05, 0) is 6.04 Å². The van der Waals surface area contributed by atoms with Crippen molar-refractivity contribution >= 4 is 0 Å². The molecule has 0 aliphatic heterocycles. The fourth-order valence-corrected chi connectivity index (χ4v) is 0. The van der Waals surface area contributed by atoms with Crippen molar-refractivity contribution in [2.24, 2.45) is 5.73 Å². The van der Waals surface area contributed by atoms with Gasteiger partial charge in [0.2, 0.25) is 0 Å². The van der Waals surface area contributed by atoms with Crippen molar-refractivity contribution in [1.29, 1.82) is 0 Å². The van der Waals surface area contributed by atoms with E-state index < -0.39 is 0 Å². The van der Waals surface area contributed by atoms with Crippen LogP contribution < -0.4 is 5.73 Å². The molecule has 0 aromatic rings. The van der Waals surface area contributed by atoms with Gasteiger partial charge in [-0.25, -0.2) is 0 Å². The third kappa shape index (κ3) is 1230. The topological polar surface area (TPSA) is 26.0 Å². The van der Waals surface area contributed by atoms with E-state index in [1.165, 1.54) is 0 Å². The molecule has 0 atom stereocenters. The molecule has 8 heavy (non-hydrogen) atoms. The molecule has 0 amide bonds. The van der Waals surface area contributed by atoms with Crippen molar-refractivity contribution in [2.45, 2.75) is 26.8 Å². The third-order valence-corrected chi connectivity index (χ3v) is 0. The molecule has 0 aromatic carbocycles. The van der Waals surface area contributed by atoms with Crippen molar-refractivity contribution < 1.29 is 21.1 Å². The summed E-state index contributed by atoms with van der Waals surface area (Å²) in [5, 5.41) is 0. The molecule has 0 aliphatic rings. The summed E-state index contributed by atoms with van der Waals surface area (Å²) < 4.78 is 0. The first-order valence-corrected chi connectivity index (χ1v) is 2.34. The van der Waals surface area contributed by atoms with Gasteiger partial charge in [-0.1, -0.05) is 13.8 Å². The summed E-state index contributed by atoms with van der Waals surface area (Å²) in [4.78, 5) is 0. The summed E-state index contributed by atoms with van der Waals surface area (Å²) in [6.45, 7) is 8.89. The Labute approximate surface area is 66.6 Å². The van der Waals surface area contributed by atoms with Gasteiger partial charge in [0.15, 0.2) is 0 Å². The first-order valence-electron chi connectivity index (χ1n) is 2.34. The molecule has 50 valence electrons. The van der Waals surface area contributed by atoms with Gasteiger partial charge in [0.25, 0.3) is 0 Å². The number of nitrogens with two attached hydrogens (primary N) is 1. The molecular formula is C6H14NW-. The zero-order valence-electron chi connectivity index (χ0n) is 5.77. The molecule has 0 fully saturated rings. The van der Waals surface area contributed by atoms with Gasteiger partial charge in [-0.3, -0.25) is 6.58 Å². The first kappa shape index (κ1) is 15.8. The van der Waals surface area contributed by atoms with E-state index in [-0.39, 0.29) is 21.1 Å². The zero-order valence-corrected chi connectivity index (χ0v) is 8.70. The largest absolute Gasteiger partial charge is 0.507 e. The van der Waals surface area contributed by atoms with Gasteiger partial charge in [0.1, 0.15) is 0 Å². The predicted octanol–water partition coefficient (Wildman–Crippen LogP) is 1.35. The Morgan fingerprint density at radius 2 is 1.50 bits per heavy atom. The Bertz CT molecular complexity index is 32.8. The Kier molecular flexibility index (Phi) is 30.9. The molecule has 0 saturated heterocycles. The Morgan fingerprint density at radius 3 is 1.50 bits per heavy atom. The Balaban J connectivity index is -0.0000000575. The predicted molar refractivity (Wildman–Crippen MR) is 33.9 cm³/mol. The van der Waals surface area contributed by atoms with E-state index in [1.807, 2.05) is 13.8 Å². The fraction of sp³-hybridized carbons (Fsp3) is 0.667. The van der Waals surface area contributed by atoms with Crippen molar-refractivity contribution in [3.63, 3.8) is 0 Å². The average molecular weight is 284 g/mol. The summed E-state index contributed by atoms with van der Waals surface area (Å²) in [7, 11) is 0. The standard InChI is InChI=1S/C3H9N.C3H5.W/c1-3(2)4;1-3-2;/h3H,4H2,1-2H3;1H2,2H3;/q;-1;. The summed E-state index contributed by atoms with van der Waals surface area (Å²) in [5.74, 6) is 0. The van der Waals surface area contributed by atoms with E-state index >= 15 is 0 Å². The molecule has 1 nitrogen and oxygen atoms in total. The molecule has 0 radical (unpaired) electrons. The SMILES string of the molecule is C=[C-]C.CC(C)N.[W]. The molecule has 0 rings (SSSR count). The van der Waals surface area contributed by atoms with Crippen LogP contribution in [0, 0.1) is 6.08 Å². The smallest absolute Gasteiger partial charge is 0 e. The van der Waals surface area contributed by atoms with Gasteiger partial charge >= 0.3 is 0 Å². The number of rotatable bonds is 0. The van der Waals surface area contributed by atoms with Crippen molar-refractivity contribution in [3.8, 4) is 0 Å². The third-order valence-electron chi connectivity index (χ3n) is 0. The van der Waals surface area contributed by atoms with Crippen molar-refractivity contribution in [1.82, 2.24) is 0 Å². The van der Waals surface area contributed by atoms with Crippen LogP contribution in [0.25, 0.3) is 0 Å². The van der Waals surface area contributed by atoms with Gasteiger partial charge in [0.05, 0.1) is 0 Å². The maximum absolute atomic E-state index is 5.11. The van der Waals surface area contributed by atoms with Gasteiger partial charge < -0.3 is 11.8 Å². The number of allylic oxidation sites excluding steroid dienone is 1. The number of hydrogen-bond donors (Lipinski definition) is 1. The van der Waals surface area contributed by atoms with Crippen LogP contribution in [0.1, 0.15) is 20.8 Å². The van der Waals surface area contributed by atoms with Gasteiger partial charge in [-0.15, -0.1) is 0 Å². The van der Waals surface area contributed by atoms with E-state index in [4.69, 9.17) is 5.73 Å². The second-order valence-electron chi connectivity index (χ2n) is 1.60. The summed E-state index contributed by atoms with van der Waals surface area (Å²) in [6.07, 6.45) is 2.50. The Morgan fingerprint density at radius 1 is 1.50 bits per heavy atom. The number of hydrogen-bond acceptors (Lipinski definition) is 1. The average Bonchev–Trinajstić information content (AvgIpc) is 1.33. The van der Waals surface area contributed by atoms with Gasteiger partial charge in [-0.2, -0.15) is 6.92 Å². The molecule has 0 aliphatic carbocycles. The van der Waals surface area contributed by atoms with Crippen LogP contribution in [0.2, 0.25) is 0 Å². The van der Waals surface area contributed by atoms with Crippen LogP contribution in [0.5, 0.6) is 0 Å². The minimum Gasteiger partial charge on any atom is -0.507 e. The quantitative estimate of drug-likeness (QED) is 0.668. The maximum Gasteiger partial charge on any atom is 0 e. The second kappa shape index (κ2) is 15.7. The van der Waals surface area contributed by atoms with Crippen molar-refractivity contribution in [2.75, 3.05) is 0 Å². The van der Waals surface area contributed by atoms with E-state index in [0.29, 0.717) is 6.04 Å². The fourth-order valence-electron chi connectivity index (χ4n) is 0. The molecular weight excluding hydrogens is 270 g/mol. The molecule has 0 unspecified atom stereocenters. The maximum atomic E-state index is 5.11. The van der Waals surface area contributed by atoms with Crippen LogP contribution in [0.4, 0.5) is 0 Å². The molecule has 0 bridgehead atoms. The van der Waals surface area contributed by atoms with E-state index in [2.05, 4.69) is 12.7 Å². The zero-order chi connectivity index (χ0) is 6.28.